The number of carbonyl (C=O) groups excluding carboxylic acids is 1. The Labute approximate surface area is 104 Å². The minimum absolute atomic E-state index is 0.161. The molecule has 0 aliphatic carbocycles. The lowest BCUT2D eigenvalue weighted by Crippen LogP contribution is -2.48. The van der Waals surface area contributed by atoms with E-state index in [1.165, 1.54) is 18.3 Å². The molecular formula is C12H15N3O3. The SMILES string of the molecule is NC(=O)C1CCCCN1c1cc(C(=O)O)ccn1. The summed E-state index contributed by atoms with van der Waals surface area (Å²) in [5.41, 5.74) is 5.53. The number of amides is 1. The number of nitrogens with two attached hydrogens (primary N) is 1. The van der Waals surface area contributed by atoms with Gasteiger partial charge in [-0.1, -0.05) is 0 Å². The van der Waals surface area contributed by atoms with Crippen LogP contribution in [0.3, 0.4) is 0 Å². The average Bonchev–Trinajstić information content (AvgIpc) is 2.39. The van der Waals surface area contributed by atoms with Crippen LogP contribution in [0.4, 0.5) is 5.82 Å². The zero-order valence-electron chi connectivity index (χ0n) is 9.87. The predicted octanol–water partition coefficient (Wildman–Crippen LogP) is 0.624. The first-order valence-electron chi connectivity index (χ1n) is 5.85. The average molecular weight is 249 g/mol. The molecule has 1 aliphatic heterocycles. The molecule has 6 heteroatoms. The zero-order chi connectivity index (χ0) is 13.1. The van der Waals surface area contributed by atoms with Crippen molar-refractivity contribution >= 4 is 17.7 Å². The Kier molecular flexibility index (Phi) is 3.45. The fourth-order valence-corrected chi connectivity index (χ4v) is 2.21. The number of hydrogen-bond acceptors (Lipinski definition) is 4. The van der Waals surface area contributed by atoms with Gasteiger partial charge in [0.25, 0.3) is 0 Å². The number of carbonyl (C=O) groups is 2. The maximum absolute atomic E-state index is 11.4. The van der Waals surface area contributed by atoms with Crippen LogP contribution in [-0.2, 0) is 4.79 Å². The number of carboxylic acid groups (broad SMARTS) is 1. The number of anilines is 1. The third-order valence-corrected chi connectivity index (χ3v) is 3.12. The molecule has 18 heavy (non-hydrogen) atoms. The van der Waals surface area contributed by atoms with E-state index in [2.05, 4.69) is 4.98 Å². The van der Waals surface area contributed by atoms with Crippen molar-refractivity contribution in [1.29, 1.82) is 0 Å². The molecule has 96 valence electrons. The number of primary amides is 1. The van der Waals surface area contributed by atoms with Crippen molar-refractivity contribution in [1.82, 2.24) is 4.98 Å². The quantitative estimate of drug-likeness (QED) is 0.818. The minimum Gasteiger partial charge on any atom is -0.478 e. The van der Waals surface area contributed by atoms with Crippen molar-refractivity contribution in [2.24, 2.45) is 5.73 Å². The summed E-state index contributed by atoms with van der Waals surface area (Å²) < 4.78 is 0. The van der Waals surface area contributed by atoms with Crippen molar-refractivity contribution in [2.75, 3.05) is 11.4 Å². The molecule has 1 aliphatic rings. The molecule has 1 aromatic heterocycles. The summed E-state index contributed by atoms with van der Waals surface area (Å²) in [5.74, 6) is -0.901. The van der Waals surface area contributed by atoms with E-state index in [1.807, 2.05) is 0 Å². The molecule has 1 fully saturated rings. The van der Waals surface area contributed by atoms with Crippen LogP contribution in [0.15, 0.2) is 18.3 Å². The Hall–Kier alpha value is -2.11. The van der Waals surface area contributed by atoms with Gasteiger partial charge >= 0.3 is 5.97 Å². The number of carboxylic acids is 1. The minimum atomic E-state index is -1.01. The van der Waals surface area contributed by atoms with Crippen LogP contribution in [0.25, 0.3) is 0 Å². The molecule has 2 rings (SSSR count). The summed E-state index contributed by atoms with van der Waals surface area (Å²) in [4.78, 5) is 28.2. The molecule has 0 aromatic carbocycles. The Balaban J connectivity index is 2.30. The van der Waals surface area contributed by atoms with Crippen molar-refractivity contribution in [2.45, 2.75) is 25.3 Å². The number of pyridine rings is 1. The summed E-state index contributed by atoms with van der Waals surface area (Å²) in [6.07, 6.45) is 4.02. The molecule has 2 heterocycles. The summed E-state index contributed by atoms with van der Waals surface area (Å²) >= 11 is 0. The van der Waals surface area contributed by atoms with Crippen LogP contribution >= 0.6 is 0 Å². The van der Waals surface area contributed by atoms with Crippen molar-refractivity contribution in [3.05, 3.63) is 23.9 Å². The number of rotatable bonds is 3. The van der Waals surface area contributed by atoms with Crippen LogP contribution in [0, 0.1) is 0 Å². The van der Waals surface area contributed by atoms with Gasteiger partial charge in [0, 0.05) is 12.7 Å². The largest absolute Gasteiger partial charge is 0.478 e. The second-order valence-electron chi connectivity index (χ2n) is 4.32. The highest BCUT2D eigenvalue weighted by molar-refractivity contribution is 5.89. The van der Waals surface area contributed by atoms with Gasteiger partial charge in [-0.15, -0.1) is 0 Å². The monoisotopic (exact) mass is 249 g/mol. The molecule has 1 saturated heterocycles. The van der Waals surface area contributed by atoms with Gasteiger partial charge < -0.3 is 15.7 Å². The normalized spacial score (nSPS) is 19.6. The first-order chi connectivity index (χ1) is 8.59. The zero-order valence-corrected chi connectivity index (χ0v) is 9.87. The molecule has 0 radical (unpaired) electrons. The predicted molar refractivity (Wildman–Crippen MR) is 65.4 cm³/mol. The van der Waals surface area contributed by atoms with Gasteiger partial charge in [-0.25, -0.2) is 9.78 Å². The summed E-state index contributed by atoms with van der Waals surface area (Å²) in [6, 6.07) is 2.51. The van der Waals surface area contributed by atoms with E-state index in [0.717, 1.165) is 12.8 Å². The Bertz CT molecular complexity index is 475. The molecular weight excluding hydrogens is 234 g/mol. The van der Waals surface area contributed by atoms with Crippen molar-refractivity contribution in [3.8, 4) is 0 Å². The van der Waals surface area contributed by atoms with Gasteiger partial charge in [-0.2, -0.15) is 0 Å². The number of piperidine rings is 1. The molecule has 0 spiro atoms. The molecule has 1 aromatic rings. The fraction of sp³-hybridized carbons (Fsp3) is 0.417. The molecule has 1 atom stereocenters. The maximum Gasteiger partial charge on any atom is 0.335 e. The van der Waals surface area contributed by atoms with E-state index >= 15 is 0 Å². The molecule has 0 bridgehead atoms. The molecule has 1 amide bonds. The topological polar surface area (TPSA) is 96.5 Å². The lowest BCUT2D eigenvalue weighted by atomic mass is 10.0. The Morgan fingerprint density at radius 1 is 1.44 bits per heavy atom. The van der Waals surface area contributed by atoms with Gasteiger partial charge in [-0.05, 0) is 31.4 Å². The first kappa shape index (κ1) is 12.3. The van der Waals surface area contributed by atoms with Gasteiger partial charge in [0.1, 0.15) is 11.9 Å². The van der Waals surface area contributed by atoms with Crippen molar-refractivity contribution < 1.29 is 14.7 Å². The van der Waals surface area contributed by atoms with Gasteiger partial charge in [0.15, 0.2) is 0 Å². The second kappa shape index (κ2) is 5.03. The fourth-order valence-electron chi connectivity index (χ4n) is 2.21. The second-order valence-corrected chi connectivity index (χ2v) is 4.32. The van der Waals surface area contributed by atoms with Crippen LogP contribution in [-0.4, -0.2) is 34.6 Å². The van der Waals surface area contributed by atoms with Crippen LogP contribution in [0.2, 0.25) is 0 Å². The van der Waals surface area contributed by atoms with Crippen LogP contribution < -0.4 is 10.6 Å². The first-order valence-corrected chi connectivity index (χ1v) is 5.85. The van der Waals surface area contributed by atoms with E-state index in [4.69, 9.17) is 10.8 Å². The number of aromatic carboxylic acids is 1. The number of hydrogen-bond donors (Lipinski definition) is 2. The molecule has 6 nitrogen and oxygen atoms in total. The van der Waals surface area contributed by atoms with Crippen molar-refractivity contribution in [3.63, 3.8) is 0 Å². The van der Waals surface area contributed by atoms with E-state index in [-0.39, 0.29) is 5.56 Å². The molecule has 0 saturated carbocycles. The number of nitrogens with zero attached hydrogens (tertiary/aromatic N) is 2. The smallest absolute Gasteiger partial charge is 0.335 e. The van der Waals surface area contributed by atoms with Crippen LogP contribution in [0.5, 0.6) is 0 Å². The van der Waals surface area contributed by atoms with E-state index < -0.39 is 17.9 Å². The van der Waals surface area contributed by atoms with Gasteiger partial charge in [0.05, 0.1) is 5.56 Å². The highest BCUT2D eigenvalue weighted by atomic mass is 16.4. The molecule has 3 N–H and O–H groups in total. The van der Waals surface area contributed by atoms with E-state index in [1.54, 1.807) is 4.90 Å². The maximum atomic E-state index is 11.4. The summed E-state index contributed by atoms with van der Waals surface area (Å²) in [5, 5.41) is 8.94. The van der Waals surface area contributed by atoms with Gasteiger partial charge in [-0.3, -0.25) is 4.79 Å². The summed E-state index contributed by atoms with van der Waals surface area (Å²) in [6.45, 7) is 0.670. The van der Waals surface area contributed by atoms with Gasteiger partial charge in [0.2, 0.25) is 5.91 Å². The van der Waals surface area contributed by atoms with E-state index in [0.29, 0.717) is 18.8 Å². The lowest BCUT2D eigenvalue weighted by molar-refractivity contribution is -0.119. The lowest BCUT2D eigenvalue weighted by Gasteiger charge is -2.34. The highest BCUT2D eigenvalue weighted by Crippen LogP contribution is 2.23. The van der Waals surface area contributed by atoms with E-state index in [9.17, 15) is 9.59 Å². The number of aromatic nitrogens is 1. The standard InChI is InChI=1S/C12H15N3O3/c13-11(16)9-3-1-2-6-15(9)10-7-8(12(17)18)4-5-14-10/h4-5,7,9H,1-3,6H2,(H2,13,16)(H,17,18). The Morgan fingerprint density at radius 2 is 2.22 bits per heavy atom. The third-order valence-electron chi connectivity index (χ3n) is 3.12. The summed E-state index contributed by atoms with van der Waals surface area (Å²) in [7, 11) is 0. The highest BCUT2D eigenvalue weighted by Gasteiger charge is 2.28. The van der Waals surface area contributed by atoms with Crippen LogP contribution in [0.1, 0.15) is 29.6 Å². The third kappa shape index (κ3) is 2.42. The molecule has 1 unspecified atom stereocenters. The Morgan fingerprint density at radius 3 is 2.89 bits per heavy atom.